The number of H-pyrrole nitrogens is 1. The van der Waals surface area contributed by atoms with Crippen molar-refractivity contribution in [1.82, 2.24) is 9.97 Å². The van der Waals surface area contributed by atoms with Crippen molar-refractivity contribution in [1.29, 1.82) is 5.26 Å². The van der Waals surface area contributed by atoms with Gasteiger partial charge in [0.25, 0.3) is 0 Å². The van der Waals surface area contributed by atoms with E-state index in [9.17, 15) is 10.1 Å². The quantitative estimate of drug-likeness (QED) is 0.440. The molecule has 3 aromatic rings. The van der Waals surface area contributed by atoms with Gasteiger partial charge in [0.05, 0.1) is 35.3 Å². The SMILES string of the molecule is COC(=O)COc1c(Br)cc(/C=C(/C#N)c2nc3ccc(C)cc3[nH]2)cc1OC. The summed E-state index contributed by atoms with van der Waals surface area (Å²) in [5.74, 6) is 0.754. The number of aromatic nitrogens is 2. The lowest BCUT2D eigenvalue weighted by atomic mass is 10.1. The van der Waals surface area contributed by atoms with Gasteiger partial charge in [-0.3, -0.25) is 0 Å². The maximum absolute atomic E-state index is 11.3. The van der Waals surface area contributed by atoms with Gasteiger partial charge in [-0.2, -0.15) is 5.26 Å². The molecule has 0 bridgehead atoms. The molecule has 1 N–H and O–H groups in total. The number of halogens is 1. The molecule has 0 amide bonds. The minimum Gasteiger partial charge on any atom is -0.493 e. The third-order valence-corrected chi connectivity index (χ3v) is 4.73. The monoisotopic (exact) mass is 455 g/mol. The van der Waals surface area contributed by atoms with E-state index in [4.69, 9.17) is 9.47 Å². The van der Waals surface area contributed by atoms with Crippen molar-refractivity contribution in [3.05, 3.63) is 51.8 Å². The molecule has 0 fully saturated rings. The fourth-order valence-electron chi connectivity index (χ4n) is 2.72. The number of imidazole rings is 1. The second-order valence-electron chi connectivity index (χ2n) is 6.17. The van der Waals surface area contributed by atoms with Crippen LogP contribution in [0.1, 0.15) is 17.0 Å². The number of allylic oxidation sites excluding steroid dienone is 1. The molecule has 0 atom stereocenters. The molecule has 1 aromatic heterocycles. The van der Waals surface area contributed by atoms with Crippen LogP contribution in [0.5, 0.6) is 11.5 Å². The Kier molecular flexibility index (Phi) is 6.20. The molecule has 8 heteroatoms. The van der Waals surface area contributed by atoms with Crippen LogP contribution < -0.4 is 9.47 Å². The Morgan fingerprint density at radius 1 is 1.31 bits per heavy atom. The van der Waals surface area contributed by atoms with Crippen molar-refractivity contribution in [3.63, 3.8) is 0 Å². The van der Waals surface area contributed by atoms with Gasteiger partial charge in [0.1, 0.15) is 11.9 Å². The van der Waals surface area contributed by atoms with Gasteiger partial charge in [-0.05, 0) is 64.3 Å². The number of fused-ring (bicyclic) bond motifs is 1. The minimum absolute atomic E-state index is 0.248. The second-order valence-corrected chi connectivity index (χ2v) is 7.03. The molecule has 0 unspecified atom stereocenters. The number of nitrogens with zero attached hydrogens (tertiary/aromatic N) is 2. The van der Waals surface area contributed by atoms with Crippen LogP contribution in [0.4, 0.5) is 0 Å². The van der Waals surface area contributed by atoms with Gasteiger partial charge in [0, 0.05) is 0 Å². The second kappa shape index (κ2) is 8.80. The third-order valence-electron chi connectivity index (χ3n) is 4.14. The molecular formula is C21H18BrN3O4. The highest BCUT2D eigenvalue weighted by atomic mass is 79.9. The summed E-state index contributed by atoms with van der Waals surface area (Å²) in [4.78, 5) is 19.0. The molecule has 29 heavy (non-hydrogen) atoms. The Morgan fingerprint density at radius 3 is 2.79 bits per heavy atom. The average Bonchev–Trinajstić information content (AvgIpc) is 3.13. The van der Waals surface area contributed by atoms with Gasteiger partial charge in [-0.15, -0.1) is 0 Å². The van der Waals surface area contributed by atoms with Gasteiger partial charge in [0.15, 0.2) is 18.1 Å². The van der Waals surface area contributed by atoms with Crippen LogP contribution in [0.3, 0.4) is 0 Å². The van der Waals surface area contributed by atoms with E-state index in [1.54, 1.807) is 18.2 Å². The number of methoxy groups -OCH3 is 2. The van der Waals surface area contributed by atoms with Crippen molar-refractivity contribution in [2.45, 2.75) is 6.92 Å². The summed E-state index contributed by atoms with van der Waals surface area (Å²) in [6.45, 7) is 1.75. The molecule has 148 valence electrons. The summed E-state index contributed by atoms with van der Waals surface area (Å²) < 4.78 is 16.0. The Balaban J connectivity index is 1.97. The van der Waals surface area contributed by atoms with Gasteiger partial charge in [-0.1, -0.05) is 6.07 Å². The van der Waals surface area contributed by atoms with Crippen LogP contribution in [0.25, 0.3) is 22.7 Å². The van der Waals surface area contributed by atoms with E-state index in [1.165, 1.54) is 14.2 Å². The lowest BCUT2D eigenvalue weighted by Crippen LogP contribution is -2.13. The van der Waals surface area contributed by atoms with Crippen molar-refractivity contribution >= 4 is 44.6 Å². The summed E-state index contributed by atoms with van der Waals surface area (Å²) in [7, 11) is 2.78. The zero-order valence-corrected chi connectivity index (χ0v) is 17.7. The first-order valence-electron chi connectivity index (χ1n) is 8.61. The molecule has 7 nitrogen and oxygen atoms in total. The number of hydrogen-bond donors (Lipinski definition) is 1. The molecule has 0 saturated heterocycles. The Morgan fingerprint density at radius 2 is 2.10 bits per heavy atom. The number of hydrogen-bond acceptors (Lipinski definition) is 6. The topological polar surface area (TPSA) is 97.2 Å². The number of carbonyl (C=O) groups is 1. The van der Waals surface area contributed by atoms with Crippen LogP contribution in [0.15, 0.2) is 34.8 Å². The number of nitriles is 1. The van der Waals surface area contributed by atoms with Gasteiger partial charge < -0.3 is 19.2 Å². The third kappa shape index (κ3) is 4.58. The number of esters is 1. The van der Waals surface area contributed by atoms with E-state index in [1.807, 2.05) is 25.1 Å². The molecule has 0 spiro atoms. The molecule has 0 radical (unpaired) electrons. The molecule has 0 aliphatic rings. The van der Waals surface area contributed by atoms with Crippen LogP contribution in [0.2, 0.25) is 0 Å². The minimum atomic E-state index is -0.505. The molecule has 1 heterocycles. The number of nitrogens with one attached hydrogen (secondary N) is 1. The highest BCUT2D eigenvalue weighted by molar-refractivity contribution is 9.10. The largest absolute Gasteiger partial charge is 0.493 e. The summed E-state index contributed by atoms with van der Waals surface area (Å²) in [6, 6.07) is 11.5. The lowest BCUT2D eigenvalue weighted by molar-refractivity contribution is -0.142. The van der Waals surface area contributed by atoms with Crippen molar-refractivity contribution in [2.75, 3.05) is 20.8 Å². The number of ether oxygens (including phenoxy) is 3. The lowest BCUT2D eigenvalue weighted by Gasteiger charge is -2.13. The van der Waals surface area contributed by atoms with Crippen molar-refractivity contribution in [3.8, 4) is 17.6 Å². The zero-order chi connectivity index (χ0) is 21.0. The van der Waals surface area contributed by atoms with Crippen LogP contribution >= 0.6 is 15.9 Å². The van der Waals surface area contributed by atoms with E-state index >= 15 is 0 Å². The molecule has 2 aromatic carbocycles. The summed E-state index contributed by atoms with van der Waals surface area (Å²) in [5, 5.41) is 9.65. The highest BCUT2D eigenvalue weighted by Gasteiger charge is 2.15. The molecule has 3 rings (SSSR count). The number of carbonyl (C=O) groups excluding carboxylic acids is 1. The number of aromatic amines is 1. The normalized spacial score (nSPS) is 11.2. The Labute approximate surface area is 176 Å². The first-order valence-corrected chi connectivity index (χ1v) is 9.40. The van der Waals surface area contributed by atoms with Gasteiger partial charge >= 0.3 is 5.97 Å². The van der Waals surface area contributed by atoms with Crippen LogP contribution in [-0.2, 0) is 9.53 Å². The summed E-state index contributed by atoms with van der Waals surface area (Å²) in [6.07, 6.45) is 1.70. The Bertz CT molecular complexity index is 1140. The predicted octanol–water partition coefficient (Wildman–Crippen LogP) is 4.26. The zero-order valence-electron chi connectivity index (χ0n) is 16.1. The number of benzene rings is 2. The van der Waals surface area contributed by atoms with E-state index in [0.717, 1.165) is 16.6 Å². The maximum atomic E-state index is 11.3. The first kappa shape index (κ1) is 20.4. The van der Waals surface area contributed by atoms with E-state index in [0.29, 0.717) is 32.9 Å². The highest BCUT2D eigenvalue weighted by Crippen LogP contribution is 2.37. The van der Waals surface area contributed by atoms with Crippen LogP contribution in [0, 0.1) is 18.3 Å². The molecular weight excluding hydrogens is 438 g/mol. The summed E-state index contributed by atoms with van der Waals surface area (Å²) in [5.41, 5.74) is 3.83. The predicted molar refractivity (Wildman–Crippen MR) is 113 cm³/mol. The van der Waals surface area contributed by atoms with E-state index < -0.39 is 5.97 Å². The number of aryl methyl sites for hydroxylation is 1. The molecule has 0 aliphatic carbocycles. The fraction of sp³-hybridized carbons (Fsp3) is 0.190. The van der Waals surface area contributed by atoms with Crippen molar-refractivity contribution in [2.24, 2.45) is 0 Å². The Hall–Kier alpha value is -3.31. The number of rotatable bonds is 6. The summed E-state index contributed by atoms with van der Waals surface area (Å²) >= 11 is 3.42. The van der Waals surface area contributed by atoms with Gasteiger partial charge in [-0.25, -0.2) is 9.78 Å². The smallest absolute Gasteiger partial charge is 0.343 e. The fourth-order valence-corrected chi connectivity index (χ4v) is 3.30. The van der Waals surface area contributed by atoms with Gasteiger partial charge in [0.2, 0.25) is 0 Å². The molecule has 0 aliphatic heterocycles. The van der Waals surface area contributed by atoms with Crippen molar-refractivity contribution < 1.29 is 19.0 Å². The standard InChI is InChI=1S/C21H18BrN3O4/c1-12-4-5-16-17(6-12)25-21(24-16)14(10-23)7-13-8-15(22)20(18(9-13)27-2)29-11-19(26)28-3/h4-9H,11H2,1-3H3,(H,24,25)/b14-7-. The maximum Gasteiger partial charge on any atom is 0.343 e. The van der Waals surface area contributed by atoms with E-state index in [2.05, 4.69) is 36.7 Å². The molecule has 0 saturated carbocycles. The van der Waals surface area contributed by atoms with E-state index in [-0.39, 0.29) is 6.61 Å². The van der Waals surface area contributed by atoms with Crippen LogP contribution in [-0.4, -0.2) is 36.8 Å². The first-order chi connectivity index (χ1) is 13.9. The average molecular weight is 456 g/mol.